The maximum Gasteiger partial charge on any atom is 0.319 e. The molecule has 4 N–H and O–H groups in total. The summed E-state index contributed by atoms with van der Waals surface area (Å²) < 4.78 is 0. The monoisotopic (exact) mass is 308 g/mol. The summed E-state index contributed by atoms with van der Waals surface area (Å²) in [5.74, 6) is 5.54. The van der Waals surface area contributed by atoms with E-state index in [0.717, 1.165) is 5.56 Å². The minimum Gasteiger partial charge on any atom is -0.479 e. The van der Waals surface area contributed by atoms with Gasteiger partial charge in [-0.05, 0) is 36.1 Å². The van der Waals surface area contributed by atoms with E-state index >= 15 is 0 Å². The zero-order chi connectivity index (χ0) is 16.2. The molecule has 0 saturated carbocycles. The molecule has 0 amide bonds. The van der Waals surface area contributed by atoms with Crippen molar-refractivity contribution in [2.45, 2.75) is 13.3 Å². The quantitative estimate of drug-likeness (QED) is 0.575. The standard InChI is InChI=1S/C9H10N6O.C7H6/c1-5-3-2-4-11-6(5)7-12-8(15-10)14-9(16)13-7;1-2-7-4-3-6(1)5-7/h2-4H,10H2,1H3,(H2,12,13,14,15,16);1-4H,5H2. The topological polar surface area (TPSA) is 110 Å². The third-order valence-corrected chi connectivity index (χ3v) is 3.41. The molecule has 0 spiro atoms. The van der Waals surface area contributed by atoms with Crippen molar-refractivity contribution in [3.8, 4) is 17.5 Å². The van der Waals surface area contributed by atoms with Crippen molar-refractivity contribution >= 4 is 5.95 Å². The first-order chi connectivity index (χ1) is 11.2. The van der Waals surface area contributed by atoms with Gasteiger partial charge in [0.1, 0.15) is 5.69 Å². The number of nitrogens with zero attached hydrogens (tertiary/aromatic N) is 4. The second-order valence-corrected chi connectivity index (χ2v) is 5.09. The summed E-state index contributed by atoms with van der Waals surface area (Å²) >= 11 is 0. The Labute approximate surface area is 133 Å². The summed E-state index contributed by atoms with van der Waals surface area (Å²) in [7, 11) is 0. The number of nitrogen functional groups attached to an aromatic ring is 1. The Balaban J connectivity index is 0.000000183. The molecule has 4 rings (SSSR count). The number of nitrogens with one attached hydrogen (secondary N) is 1. The Kier molecular flexibility index (Phi) is 4.11. The number of aromatic nitrogens is 4. The van der Waals surface area contributed by atoms with Crippen molar-refractivity contribution in [1.29, 1.82) is 0 Å². The molecule has 7 nitrogen and oxygen atoms in total. The highest BCUT2D eigenvalue weighted by atomic mass is 16.3. The van der Waals surface area contributed by atoms with Gasteiger partial charge in [-0.2, -0.15) is 15.0 Å². The Morgan fingerprint density at radius 2 is 1.87 bits per heavy atom. The summed E-state index contributed by atoms with van der Waals surface area (Å²) in [6, 6.07) is 3.28. The van der Waals surface area contributed by atoms with Gasteiger partial charge < -0.3 is 5.11 Å². The highest BCUT2D eigenvalue weighted by Crippen LogP contribution is 2.27. The van der Waals surface area contributed by atoms with E-state index in [2.05, 4.69) is 49.7 Å². The van der Waals surface area contributed by atoms with Gasteiger partial charge in [0.25, 0.3) is 0 Å². The van der Waals surface area contributed by atoms with Gasteiger partial charge in [0.15, 0.2) is 5.82 Å². The lowest BCUT2D eigenvalue weighted by Gasteiger charge is -2.04. The summed E-state index contributed by atoms with van der Waals surface area (Å²) in [5.41, 5.74) is 6.66. The number of nitrogens with two attached hydrogens (primary N) is 1. The lowest BCUT2D eigenvalue weighted by molar-refractivity contribution is 0.429. The number of rotatable bonds is 2. The van der Waals surface area contributed by atoms with Gasteiger partial charge in [0.05, 0.1) is 0 Å². The Morgan fingerprint density at radius 3 is 2.39 bits per heavy atom. The van der Waals surface area contributed by atoms with Crippen LogP contribution in [-0.2, 0) is 0 Å². The molecule has 0 saturated heterocycles. The van der Waals surface area contributed by atoms with Crippen LogP contribution >= 0.6 is 0 Å². The highest BCUT2D eigenvalue weighted by Gasteiger charge is 2.10. The first-order valence-corrected chi connectivity index (χ1v) is 7.07. The Hall–Kier alpha value is -3.06. The second-order valence-electron chi connectivity index (χ2n) is 5.09. The van der Waals surface area contributed by atoms with Gasteiger partial charge in [0.2, 0.25) is 5.95 Å². The van der Waals surface area contributed by atoms with E-state index < -0.39 is 6.01 Å². The fourth-order valence-electron chi connectivity index (χ4n) is 2.27. The summed E-state index contributed by atoms with van der Waals surface area (Å²) in [4.78, 5) is 15.5. The predicted octanol–water partition coefficient (Wildman–Crippen LogP) is 2.05. The smallest absolute Gasteiger partial charge is 0.319 e. The van der Waals surface area contributed by atoms with Crippen LogP contribution in [0.15, 0.2) is 53.8 Å². The molecule has 0 unspecified atom stereocenters. The number of aromatic hydroxyl groups is 1. The lowest BCUT2D eigenvalue weighted by atomic mass is 10.2. The largest absolute Gasteiger partial charge is 0.479 e. The van der Waals surface area contributed by atoms with E-state index in [0.29, 0.717) is 5.69 Å². The molecular weight excluding hydrogens is 292 g/mol. The maximum atomic E-state index is 9.29. The van der Waals surface area contributed by atoms with Crippen molar-refractivity contribution in [3.63, 3.8) is 0 Å². The van der Waals surface area contributed by atoms with Crippen LogP contribution in [0, 0.1) is 6.92 Å². The van der Waals surface area contributed by atoms with E-state index in [1.807, 2.05) is 19.1 Å². The van der Waals surface area contributed by atoms with Crippen LogP contribution in [0.5, 0.6) is 6.01 Å². The molecule has 2 aliphatic rings. The van der Waals surface area contributed by atoms with Gasteiger partial charge in [-0.3, -0.25) is 10.4 Å². The van der Waals surface area contributed by atoms with Gasteiger partial charge in [0, 0.05) is 6.20 Å². The molecule has 0 atom stereocenters. The van der Waals surface area contributed by atoms with E-state index in [1.54, 1.807) is 6.20 Å². The number of hydrogen-bond acceptors (Lipinski definition) is 7. The number of allylic oxidation sites excluding steroid dienone is 6. The van der Waals surface area contributed by atoms with Gasteiger partial charge in [-0.15, -0.1) is 0 Å². The molecule has 0 aliphatic heterocycles. The van der Waals surface area contributed by atoms with Gasteiger partial charge in [-0.1, -0.05) is 30.4 Å². The van der Waals surface area contributed by atoms with E-state index in [1.165, 1.54) is 17.6 Å². The predicted molar refractivity (Wildman–Crippen MR) is 87.2 cm³/mol. The van der Waals surface area contributed by atoms with Gasteiger partial charge >= 0.3 is 6.01 Å². The van der Waals surface area contributed by atoms with E-state index in [9.17, 15) is 5.11 Å². The first-order valence-electron chi connectivity index (χ1n) is 7.07. The molecule has 7 heteroatoms. The van der Waals surface area contributed by atoms with Crippen LogP contribution < -0.4 is 11.3 Å². The highest BCUT2D eigenvalue weighted by molar-refractivity contribution is 5.55. The zero-order valence-electron chi connectivity index (χ0n) is 12.6. The zero-order valence-corrected chi connectivity index (χ0v) is 12.6. The van der Waals surface area contributed by atoms with E-state index in [4.69, 9.17) is 5.84 Å². The first kappa shape index (κ1) is 14.9. The number of aryl methyl sites for hydroxylation is 1. The molecule has 116 valence electrons. The molecule has 0 fully saturated rings. The molecule has 2 heterocycles. The molecule has 2 aromatic heterocycles. The van der Waals surface area contributed by atoms with Crippen molar-refractivity contribution in [2.24, 2.45) is 5.84 Å². The fourth-order valence-corrected chi connectivity index (χ4v) is 2.27. The average Bonchev–Trinajstić information content (AvgIpc) is 3.21. The van der Waals surface area contributed by atoms with Crippen LogP contribution in [0.25, 0.3) is 11.5 Å². The molecule has 0 aromatic carbocycles. The van der Waals surface area contributed by atoms with Gasteiger partial charge in [-0.25, -0.2) is 5.84 Å². The number of pyridine rings is 1. The van der Waals surface area contributed by atoms with Crippen molar-refractivity contribution in [2.75, 3.05) is 5.43 Å². The maximum absolute atomic E-state index is 9.29. The summed E-state index contributed by atoms with van der Waals surface area (Å²) in [5, 5.41) is 9.29. The normalized spacial score (nSPS) is 14.0. The van der Waals surface area contributed by atoms with Crippen LogP contribution in [0.2, 0.25) is 0 Å². The van der Waals surface area contributed by atoms with Crippen molar-refractivity contribution in [1.82, 2.24) is 19.9 Å². The van der Waals surface area contributed by atoms with Crippen molar-refractivity contribution in [3.05, 3.63) is 59.3 Å². The number of hydrazine groups is 1. The van der Waals surface area contributed by atoms with Crippen LogP contribution in [-0.4, -0.2) is 25.0 Å². The number of fused-ring (bicyclic) bond motifs is 2. The van der Waals surface area contributed by atoms with Crippen LogP contribution in [0.1, 0.15) is 12.0 Å². The Bertz CT molecular complexity index is 805. The number of hydrogen-bond donors (Lipinski definition) is 3. The van der Waals surface area contributed by atoms with Crippen molar-refractivity contribution < 1.29 is 5.11 Å². The third-order valence-electron chi connectivity index (χ3n) is 3.41. The Morgan fingerprint density at radius 1 is 1.13 bits per heavy atom. The minimum atomic E-state index is -0.400. The number of anilines is 1. The van der Waals surface area contributed by atoms with Crippen LogP contribution in [0.4, 0.5) is 5.95 Å². The third kappa shape index (κ3) is 3.41. The SMILES string of the molecule is C1=CC2=CC=C1C2.Cc1cccnc1-c1nc(O)nc(NN)n1. The summed E-state index contributed by atoms with van der Waals surface area (Å²) in [6.07, 6.45) is 11.5. The average molecular weight is 308 g/mol. The summed E-state index contributed by atoms with van der Waals surface area (Å²) in [6.45, 7) is 1.87. The molecule has 0 radical (unpaired) electrons. The van der Waals surface area contributed by atoms with Crippen LogP contribution in [0.3, 0.4) is 0 Å². The second kappa shape index (κ2) is 6.37. The molecule has 23 heavy (non-hydrogen) atoms. The fraction of sp³-hybridized carbons (Fsp3) is 0.125. The molecule has 2 aliphatic carbocycles. The molecule has 2 bridgehead atoms. The molecular formula is C16H16N6O. The van der Waals surface area contributed by atoms with E-state index in [-0.39, 0.29) is 11.8 Å². The lowest BCUT2D eigenvalue weighted by Crippen LogP contribution is -2.11. The minimum absolute atomic E-state index is 0.0903. The molecule has 2 aromatic rings.